The number of benzene rings is 2. The van der Waals surface area contributed by atoms with Crippen molar-refractivity contribution >= 4 is 40.0 Å². The summed E-state index contributed by atoms with van der Waals surface area (Å²) >= 11 is 5.96. The lowest BCUT2D eigenvalue weighted by Gasteiger charge is -2.10. The number of carbonyl (C=O) groups excluding carboxylic acids is 2. The third-order valence-electron chi connectivity index (χ3n) is 3.76. The van der Waals surface area contributed by atoms with Gasteiger partial charge >= 0.3 is 0 Å². The molecule has 3 rings (SSSR count). The number of nitrogens with zero attached hydrogens (tertiary/aromatic N) is 1. The van der Waals surface area contributed by atoms with Crippen LogP contribution in [0.2, 0.25) is 5.02 Å². The number of hydrogen-bond donors (Lipinski definition) is 1. The molecule has 0 radical (unpaired) electrons. The molecule has 0 bridgehead atoms. The first-order valence-electron chi connectivity index (χ1n) is 7.37. The number of fused-ring (bicyclic) bond motifs is 1. The Morgan fingerprint density at radius 3 is 2.64 bits per heavy atom. The maximum absolute atomic E-state index is 13.6. The van der Waals surface area contributed by atoms with E-state index in [1.807, 2.05) is 0 Å². The number of carbonyl (C=O) groups is 2. The summed E-state index contributed by atoms with van der Waals surface area (Å²) in [5.74, 6) is -0.852. The molecule has 1 amide bonds. The molecule has 0 aliphatic heterocycles. The van der Waals surface area contributed by atoms with Crippen LogP contribution in [0.15, 0.2) is 42.6 Å². The number of aromatic nitrogens is 1. The summed E-state index contributed by atoms with van der Waals surface area (Å²) < 4.78 is 20.1. The summed E-state index contributed by atoms with van der Waals surface area (Å²) in [7, 11) is 1.47. The van der Waals surface area contributed by atoms with Gasteiger partial charge in [-0.25, -0.2) is 4.39 Å². The van der Waals surface area contributed by atoms with E-state index in [0.717, 1.165) is 0 Å². The van der Waals surface area contributed by atoms with E-state index >= 15 is 0 Å². The number of nitrogens with one attached hydrogen (secondary N) is 1. The molecule has 0 saturated heterocycles. The second kappa shape index (κ2) is 6.57. The molecule has 3 aromatic rings. The molecule has 0 fully saturated rings. The summed E-state index contributed by atoms with van der Waals surface area (Å²) in [5, 5.41) is 3.45. The lowest BCUT2D eigenvalue weighted by molar-refractivity contribution is 0.0941. The van der Waals surface area contributed by atoms with Gasteiger partial charge in [0.2, 0.25) is 5.91 Å². The molecule has 0 spiro atoms. The highest BCUT2D eigenvalue weighted by Gasteiger charge is 2.19. The highest BCUT2D eigenvalue weighted by Crippen LogP contribution is 2.29. The molecule has 1 N–H and O–H groups in total. The molecule has 25 heavy (non-hydrogen) atoms. The zero-order chi connectivity index (χ0) is 18.1. The first kappa shape index (κ1) is 17.0. The van der Waals surface area contributed by atoms with Gasteiger partial charge in [0.05, 0.1) is 23.9 Å². The van der Waals surface area contributed by atoms with Crippen LogP contribution in [0.1, 0.15) is 22.1 Å². The van der Waals surface area contributed by atoms with Crippen molar-refractivity contribution in [2.45, 2.75) is 6.92 Å². The molecule has 1 heterocycles. The summed E-state index contributed by atoms with van der Waals surface area (Å²) in [6.07, 6.45) is 1.39. The van der Waals surface area contributed by atoms with E-state index in [2.05, 4.69) is 5.32 Å². The number of ether oxygens (including phenoxy) is 1. The van der Waals surface area contributed by atoms with Crippen LogP contribution >= 0.6 is 11.6 Å². The Labute approximate surface area is 148 Å². The second-order valence-corrected chi connectivity index (χ2v) is 5.83. The van der Waals surface area contributed by atoms with Crippen LogP contribution in [0, 0.1) is 5.82 Å². The van der Waals surface area contributed by atoms with Crippen LogP contribution in [-0.4, -0.2) is 23.5 Å². The normalized spacial score (nSPS) is 10.7. The summed E-state index contributed by atoms with van der Waals surface area (Å²) in [6.45, 7) is 1.37. The van der Waals surface area contributed by atoms with Crippen molar-refractivity contribution in [3.8, 4) is 5.75 Å². The minimum absolute atomic E-state index is 0.173. The van der Waals surface area contributed by atoms with E-state index in [-0.39, 0.29) is 11.5 Å². The van der Waals surface area contributed by atoms with Gasteiger partial charge < -0.3 is 10.1 Å². The van der Waals surface area contributed by atoms with Gasteiger partial charge in [-0.05, 0) is 36.4 Å². The fourth-order valence-electron chi connectivity index (χ4n) is 2.61. The number of anilines is 1. The molecule has 0 aliphatic rings. The molecule has 0 unspecified atom stereocenters. The highest BCUT2D eigenvalue weighted by molar-refractivity contribution is 6.31. The standard InChI is InChI=1S/C18H14ClFN2O3/c1-10(23)22-9-14(13-8-12(20)4-5-16(13)22)18(24)21-15-7-11(19)3-6-17(15)25-2/h3-9H,1-2H3,(H,21,24). The van der Waals surface area contributed by atoms with Gasteiger partial charge in [-0.1, -0.05) is 11.6 Å². The number of hydrogen-bond acceptors (Lipinski definition) is 3. The molecule has 0 saturated carbocycles. The molecular formula is C18H14ClFN2O3. The van der Waals surface area contributed by atoms with E-state index < -0.39 is 11.7 Å². The fourth-order valence-corrected chi connectivity index (χ4v) is 2.78. The molecular weight excluding hydrogens is 347 g/mol. The zero-order valence-corrected chi connectivity index (χ0v) is 14.2. The van der Waals surface area contributed by atoms with Crippen molar-refractivity contribution in [2.75, 3.05) is 12.4 Å². The number of amides is 1. The summed E-state index contributed by atoms with van der Waals surface area (Å²) in [4.78, 5) is 24.5. The van der Waals surface area contributed by atoms with Crippen molar-refractivity contribution in [1.82, 2.24) is 4.57 Å². The Morgan fingerprint density at radius 1 is 1.20 bits per heavy atom. The minimum Gasteiger partial charge on any atom is -0.495 e. The number of methoxy groups -OCH3 is 1. The monoisotopic (exact) mass is 360 g/mol. The van der Waals surface area contributed by atoms with Crippen LogP contribution in [0.5, 0.6) is 5.75 Å². The van der Waals surface area contributed by atoms with Gasteiger partial charge in [0.1, 0.15) is 11.6 Å². The van der Waals surface area contributed by atoms with Crippen molar-refractivity contribution in [2.24, 2.45) is 0 Å². The Balaban J connectivity index is 2.07. The lowest BCUT2D eigenvalue weighted by Crippen LogP contribution is -2.12. The fraction of sp³-hybridized carbons (Fsp3) is 0.111. The SMILES string of the molecule is COc1ccc(Cl)cc1NC(=O)c1cn(C(C)=O)c2ccc(F)cc12. The average molecular weight is 361 g/mol. The maximum atomic E-state index is 13.6. The quantitative estimate of drug-likeness (QED) is 0.755. The maximum Gasteiger partial charge on any atom is 0.257 e. The molecule has 128 valence electrons. The van der Waals surface area contributed by atoms with E-state index in [1.54, 1.807) is 18.2 Å². The summed E-state index contributed by atoms with van der Waals surface area (Å²) in [6, 6.07) is 8.72. The van der Waals surface area contributed by atoms with Crippen molar-refractivity contribution in [3.05, 3.63) is 59.0 Å². The Morgan fingerprint density at radius 2 is 1.96 bits per heavy atom. The largest absolute Gasteiger partial charge is 0.495 e. The van der Waals surface area contributed by atoms with Crippen LogP contribution < -0.4 is 10.1 Å². The second-order valence-electron chi connectivity index (χ2n) is 5.39. The highest BCUT2D eigenvalue weighted by atomic mass is 35.5. The molecule has 1 aromatic heterocycles. The van der Waals surface area contributed by atoms with Gasteiger partial charge in [-0.3, -0.25) is 14.2 Å². The summed E-state index contributed by atoms with van der Waals surface area (Å²) in [5.41, 5.74) is 1.00. The number of halogens is 2. The predicted molar refractivity (Wildman–Crippen MR) is 94.2 cm³/mol. The van der Waals surface area contributed by atoms with E-state index in [1.165, 1.54) is 43.0 Å². The average Bonchev–Trinajstić information content (AvgIpc) is 2.94. The van der Waals surface area contributed by atoms with E-state index in [9.17, 15) is 14.0 Å². The third-order valence-corrected chi connectivity index (χ3v) is 4.00. The Hall–Kier alpha value is -2.86. The van der Waals surface area contributed by atoms with Crippen LogP contribution in [0.25, 0.3) is 10.9 Å². The van der Waals surface area contributed by atoms with E-state index in [4.69, 9.17) is 16.3 Å². The van der Waals surface area contributed by atoms with Gasteiger partial charge in [-0.15, -0.1) is 0 Å². The van der Waals surface area contributed by atoms with Gasteiger partial charge in [0.25, 0.3) is 5.91 Å². The van der Waals surface area contributed by atoms with Crippen LogP contribution in [-0.2, 0) is 0 Å². The van der Waals surface area contributed by atoms with E-state index in [0.29, 0.717) is 27.4 Å². The molecule has 7 heteroatoms. The Bertz CT molecular complexity index is 997. The molecule has 2 aromatic carbocycles. The molecule has 0 aliphatic carbocycles. The smallest absolute Gasteiger partial charge is 0.257 e. The first-order chi connectivity index (χ1) is 11.9. The lowest BCUT2D eigenvalue weighted by atomic mass is 10.1. The predicted octanol–water partition coefficient (Wildman–Crippen LogP) is 4.35. The minimum atomic E-state index is -0.504. The van der Waals surface area contributed by atoms with Gasteiger partial charge in [0.15, 0.2) is 0 Å². The van der Waals surface area contributed by atoms with Crippen molar-refractivity contribution < 1.29 is 18.7 Å². The Kier molecular flexibility index (Phi) is 4.46. The van der Waals surface area contributed by atoms with Crippen molar-refractivity contribution in [3.63, 3.8) is 0 Å². The van der Waals surface area contributed by atoms with Gasteiger partial charge in [0, 0.05) is 23.5 Å². The zero-order valence-electron chi connectivity index (χ0n) is 13.5. The van der Waals surface area contributed by atoms with Crippen LogP contribution in [0.4, 0.5) is 10.1 Å². The van der Waals surface area contributed by atoms with Crippen LogP contribution in [0.3, 0.4) is 0 Å². The van der Waals surface area contributed by atoms with Crippen molar-refractivity contribution in [1.29, 1.82) is 0 Å². The topological polar surface area (TPSA) is 60.3 Å². The van der Waals surface area contributed by atoms with Gasteiger partial charge in [-0.2, -0.15) is 0 Å². The molecule has 5 nitrogen and oxygen atoms in total. The number of rotatable bonds is 3. The third kappa shape index (κ3) is 3.21. The first-order valence-corrected chi connectivity index (χ1v) is 7.75. The molecule has 0 atom stereocenters.